The molecule has 0 saturated carbocycles. The van der Waals surface area contributed by atoms with Gasteiger partial charge in [0.05, 0.1) is 0 Å². The van der Waals surface area contributed by atoms with Crippen molar-refractivity contribution >= 4 is 47.7 Å². The maximum Gasteiger partial charge on any atom is -0.00662 e. The lowest BCUT2D eigenvalue weighted by Crippen LogP contribution is -2.26. The van der Waals surface area contributed by atoms with Crippen LogP contribution in [0.15, 0.2) is 218 Å². The summed E-state index contributed by atoms with van der Waals surface area (Å²) in [5.41, 5.74) is 7.51. The first-order valence-electron chi connectivity index (χ1n) is 17.0. The van der Waals surface area contributed by atoms with Crippen molar-refractivity contribution in [1.82, 2.24) is 0 Å². The lowest BCUT2D eigenvalue weighted by atomic mass is 9.97. The van der Waals surface area contributed by atoms with Crippen LogP contribution >= 0.6 is 15.8 Å². The Labute approximate surface area is 298 Å². The number of hydrogen-bond donors (Lipinski definition) is 0. The van der Waals surface area contributed by atoms with Gasteiger partial charge in [-0.25, -0.2) is 0 Å². The van der Waals surface area contributed by atoms with Crippen molar-refractivity contribution < 1.29 is 0 Å². The average molecular weight is 675 g/mol. The van der Waals surface area contributed by atoms with Gasteiger partial charge in [0.15, 0.2) is 0 Å². The lowest BCUT2D eigenvalue weighted by molar-refractivity contribution is 1.61. The Morgan fingerprint density at radius 1 is 0.220 bits per heavy atom. The van der Waals surface area contributed by atoms with Gasteiger partial charge in [-0.05, 0) is 93.2 Å². The Kier molecular flexibility index (Phi) is 9.57. The third kappa shape index (κ3) is 6.75. The van der Waals surface area contributed by atoms with Crippen molar-refractivity contribution in [2.45, 2.75) is 0 Å². The van der Waals surface area contributed by atoms with E-state index in [0.717, 1.165) is 0 Å². The molecule has 0 spiro atoms. The smallest absolute Gasteiger partial charge is 0.00662 e. The fourth-order valence-electron chi connectivity index (χ4n) is 6.67. The van der Waals surface area contributed by atoms with Crippen LogP contribution in [0.3, 0.4) is 0 Å². The molecule has 0 radical (unpaired) electrons. The number of rotatable bonds is 9. The van der Waals surface area contributed by atoms with Gasteiger partial charge in [0.1, 0.15) is 0 Å². The molecule has 2 heteroatoms. The van der Waals surface area contributed by atoms with Crippen LogP contribution in [0.1, 0.15) is 0 Å². The molecule has 0 aliphatic carbocycles. The first kappa shape index (κ1) is 31.9. The van der Waals surface area contributed by atoms with E-state index in [-0.39, 0.29) is 0 Å². The van der Waals surface area contributed by atoms with Crippen molar-refractivity contribution in [2.75, 3.05) is 0 Å². The van der Waals surface area contributed by atoms with Gasteiger partial charge in [-0.2, -0.15) is 0 Å². The van der Waals surface area contributed by atoms with E-state index in [0.29, 0.717) is 0 Å². The molecular weight excluding hydrogens is 638 g/mol. The predicted molar refractivity (Wildman–Crippen MR) is 220 cm³/mol. The highest BCUT2D eigenvalue weighted by atomic mass is 31.1. The summed E-state index contributed by atoms with van der Waals surface area (Å²) < 4.78 is 0. The van der Waals surface area contributed by atoms with E-state index in [1.807, 2.05) is 0 Å². The molecule has 8 aromatic rings. The maximum atomic E-state index is 2.47. The van der Waals surface area contributed by atoms with Crippen LogP contribution < -0.4 is 31.8 Å². The number of benzene rings is 8. The highest BCUT2D eigenvalue weighted by Gasteiger charge is 2.26. The first-order chi connectivity index (χ1) is 24.8. The van der Waals surface area contributed by atoms with E-state index < -0.39 is 15.8 Å². The molecule has 0 fully saturated rings. The second kappa shape index (κ2) is 15.0. The van der Waals surface area contributed by atoms with Gasteiger partial charge < -0.3 is 0 Å². The molecule has 0 heterocycles. The molecular formula is C48H36P2. The van der Waals surface area contributed by atoms with Crippen LogP contribution in [-0.4, -0.2) is 0 Å². The molecule has 0 bridgehead atoms. The minimum absolute atomic E-state index is 0.881. The van der Waals surface area contributed by atoms with Gasteiger partial charge >= 0.3 is 0 Å². The van der Waals surface area contributed by atoms with Crippen molar-refractivity contribution in [2.24, 2.45) is 0 Å². The maximum absolute atomic E-state index is 2.47. The fraction of sp³-hybridized carbons (Fsp3) is 0. The summed E-state index contributed by atoms with van der Waals surface area (Å²) in [5.74, 6) is 0. The summed E-state index contributed by atoms with van der Waals surface area (Å²) in [6.07, 6.45) is 0. The average Bonchev–Trinajstić information content (AvgIpc) is 3.20. The summed E-state index contributed by atoms with van der Waals surface area (Å²) in [4.78, 5) is 0. The molecule has 8 rings (SSSR count). The van der Waals surface area contributed by atoms with Crippen molar-refractivity contribution in [3.63, 3.8) is 0 Å². The summed E-state index contributed by atoms with van der Waals surface area (Å²) in [5, 5.41) is 8.10. The molecule has 0 amide bonds. The van der Waals surface area contributed by atoms with Gasteiger partial charge in [0.25, 0.3) is 0 Å². The second-order valence-electron chi connectivity index (χ2n) is 12.2. The van der Waals surface area contributed by atoms with E-state index >= 15 is 0 Å². The van der Waals surface area contributed by atoms with Gasteiger partial charge in [-0.15, -0.1) is 0 Å². The SMILES string of the molecule is c1ccc(-c2ccc(-c3ccc(-c4ccccc4)cc3P(c3ccccc3)c3ccccc3)c(P(c3ccccc3)c3ccccc3)c2)cc1. The third-order valence-corrected chi connectivity index (χ3v) is 14.0. The fourth-order valence-corrected chi connectivity index (χ4v) is 11.7. The van der Waals surface area contributed by atoms with Crippen LogP contribution in [0.2, 0.25) is 0 Å². The van der Waals surface area contributed by atoms with Crippen LogP contribution in [0, 0.1) is 0 Å². The molecule has 0 unspecified atom stereocenters. The van der Waals surface area contributed by atoms with E-state index in [1.54, 1.807) is 0 Å². The molecule has 238 valence electrons. The predicted octanol–water partition coefficient (Wildman–Crippen LogP) is 10.2. The first-order valence-corrected chi connectivity index (χ1v) is 19.7. The van der Waals surface area contributed by atoms with Crippen molar-refractivity contribution in [3.8, 4) is 33.4 Å². The van der Waals surface area contributed by atoms with Gasteiger partial charge in [-0.1, -0.05) is 206 Å². The monoisotopic (exact) mass is 674 g/mol. The Hall–Kier alpha value is -5.38. The molecule has 0 N–H and O–H groups in total. The number of hydrogen-bond acceptors (Lipinski definition) is 0. The van der Waals surface area contributed by atoms with E-state index in [2.05, 4.69) is 218 Å². The standard InChI is InChI=1S/C48H36P2/c1-7-19-37(20-8-1)39-31-33-45(47(35-39)49(41-23-11-3-12-24-41)42-25-13-4-14-26-42)46-34-32-40(38-21-9-2-10-22-38)36-48(46)50(43-27-15-5-16-28-43)44-29-17-6-18-30-44/h1-36H. The Balaban J connectivity index is 1.44. The molecule has 0 aromatic heterocycles. The molecule has 50 heavy (non-hydrogen) atoms. The van der Waals surface area contributed by atoms with E-state index in [4.69, 9.17) is 0 Å². The summed E-state index contributed by atoms with van der Waals surface area (Å²) in [7, 11) is -1.76. The zero-order chi connectivity index (χ0) is 33.5. The largest absolute Gasteiger partial charge is 0.0622 e. The summed E-state index contributed by atoms with van der Waals surface area (Å²) in [6, 6.07) is 80.3. The zero-order valence-corrected chi connectivity index (χ0v) is 29.5. The lowest BCUT2D eigenvalue weighted by Gasteiger charge is -2.27. The van der Waals surface area contributed by atoms with Crippen LogP contribution in [0.4, 0.5) is 0 Å². The van der Waals surface area contributed by atoms with Crippen LogP contribution in [-0.2, 0) is 0 Å². The Morgan fingerprint density at radius 3 is 0.760 bits per heavy atom. The minimum atomic E-state index is -0.881. The Morgan fingerprint density at radius 2 is 0.480 bits per heavy atom. The van der Waals surface area contributed by atoms with Crippen LogP contribution in [0.5, 0.6) is 0 Å². The van der Waals surface area contributed by atoms with Gasteiger partial charge in [0, 0.05) is 0 Å². The van der Waals surface area contributed by atoms with E-state index in [9.17, 15) is 0 Å². The normalized spacial score (nSPS) is 11.2. The summed E-state index contributed by atoms with van der Waals surface area (Å²) in [6.45, 7) is 0. The quantitative estimate of drug-likeness (QED) is 0.134. The Bertz CT molecular complexity index is 2040. The van der Waals surface area contributed by atoms with E-state index in [1.165, 1.54) is 65.2 Å². The zero-order valence-electron chi connectivity index (χ0n) is 27.7. The second-order valence-corrected chi connectivity index (χ2v) is 16.6. The summed E-state index contributed by atoms with van der Waals surface area (Å²) >= 11 is 0. The molecule has 0 aliphatic heterocycles. The van der Waals surface area contributed by atoms with Crippen molar-refractivity contribution in [1.29, 1.82) is 0 Å². The highest BCUT2D eigenvalue weighted by molar-refractivity contribution is 7.80. The third-order valence-electron chi connectivity index (χ3n) is 9.04. The molecule has 0 aliphatic rings. The van der Waals surface area contributed by atoms with Gasteiger partial charge in [0.2, 0.25) is 0 Å². The molecule has 0 nitrogen and oxygen atoms in total. The topological polar surface area (TPSA) is 0 Å². The van der Waals surface area contributed by atoms with Crippen molar-refractivity contribution in [3.05, 3.63) is 218 Å². The molecule has 8 aromatic carbocycles. The van der Waals surface area contributed by atoms with Gasteiger partial charge in [-0.3, -0.25) is 0 Å². The van der Waals surface area contributed by atoms with Crippen LogP contribution in [0.25, 0.3) is 33.4 Å². The molecule has 0 saturated heterocycles. The minimum Gasteiger partial charge on any atom is -0.0622 e. The highest BCUT2D eigenvalue weighted by Crippen LogP contribution is 2.43. The molecule has 0 atom stereocenters.